The molecule has 0 fully saturated rings. The lowest BCUT2D eigenvalue weighted by Gasteiger charge is -2.21. The molecule has 4 heteroatoms. The fourth-order valence-corrected chi connectivity index (χ4v) is 2.10. The van der Waals surface area contributed by atoms with Gasteiger partial charge >= 0.3 is 0 Å². The summed E-state index contributed by atoms with van der Waals surface area (Å²) < 4.78 is 0. The highest BCUT2D eigenvalue weighted by Gasteiger charge is 2.17. The van der Waals surface area contributed by atoms with E-state index < -0.39 is 0 Å². The highest BCUT2D eigenvalue weighted by Crippen LogP contribution is 2.20. The smallest absolute Gasteiger partial charge is 0.224 e. The van der Waals surface area contributed by atoms with E-state index in [4.69, 9.17) is 5.11 Å². The molecule has 18 heavy (non-hydrogen) atoms. The van der Waals surface area contributed by atoms with Crippen LogP contribution < -0.4 is 5.32 Å². The molecule has 0 aliphatic rings. The van der Waals surface area contributed by atoms with Crippen LogP contribution in [0.1, 0.15) is 19.4 Å². The largest absolute Gasteiger partial charge is 0.396 e. The zero-order valence-electron chi connectivity index (χ0n) is 11.2. The van der Waals surface area contributed by atoms with Gasteiger partial charge in [-0.05, 0) is 17.9 Å². The van der Waals surface area contributed by atoms with Crippen molar-refractivity contribution >= 4 is 17.7 Å². The van der Waals surface area contributed by atoms with Crippen molar-refractivity contribution in [3.05, 3.63) is 29.8 Å². The van der Waals surface area contributed by atoms with E-state index in [1.165, 1.54) is 0 Å². The molecule has 1 aromatic rings. The topological polar surface area (TPSA) is 49.3 Å². The van der Waals surface area contributed by atoms with Crippen molar-refractivity contribution in [1.82, 2.24) is 5.32 Å². The fourth-order valence-electron chi connectivity index (χ4n) is 1.48. The monoisotopic (exact) mass is 267 g/mol. The summed E-state index contributed by atoms with van der Waals surface area (Å²) in [5.74, 6) is -0.00183. The number of hydrogen-bond acceptors (Lipinski definition) is 3. The summed E-state index contributed by atoms with van der Waals surface area (Å²) in [4.78, 5) is 13.0. The second kappa shape index (κ2) is 6.81. The van der Waals surface area contributed by atoms with E-state index in [1.807, 2.05) is 44.4 Å². The predicted octanol–water partition coefficient (Wildman–Crippen LogP) is 2.09. The number of hydrogen-bond donors (Lipinski definition) is 2. The van der Waals surface area contributed by atoms with Gasteiger partial charge in [0.1, 0.15) is 0 Å². The summed E-state index contributed by atoms with van der Waals surface area (Å²) in [6, 6.07) is 7.91. The molecule has 1 amide bonds. The van der Waals surface area contributed by atoms with E-state index in [2.05, 4.69) is 5.32 Å². The molecule has 0 unspecified atom stereocenters. The second-order valence-corrected chi connectivity index (χ2v) is 5.94. The summed E-state index contributed by atoms with van der Waals surface area (Å²) in [5, 5.41) is 12.0. The average Bonchev–Trinajstić information content (AvgIpc) is 2.37. The maximum absolute atomic E-state index is 11.8. The zero-order valence-corrected chi connectivity index (χ0v) is 12.0. The number of carbonyl (C=O) groups is 1. The number of aliphatic hydroxyl groups excluding tert-OH is 1. The number of amides is 1. The molecule has 0 aliphatic carbocycles. The summed E-state index contributed by atoms with van der Waals surface area (Å²) in [6.45, 7) is 4.39. The van der Waals surface area contributed by atoms with Gasteiger partial charge in [0.25, 0.3) is 0 Å². The minimum atomic E-state index is -0.269. The predicted molar refractivity (Wildman–Crippen MR) is 75.8 cm³/mol. The molecule has 0 saturated carbocycles. The van der Waals surface area contributed by atoms with E-state index in [0.717, 1.165) is 10.5 Å². The zero-order chi connectivity index (χ0) is 13.6. The summed E-state index contributed by atoms with van der Waals surface area (Å²) in [6.07, 6.45) is 2.39. The van der Waals surface area contributed by atoms with Crippen molar-refractivity contribution in [2.24, 2.45) is 5.41 Å². The first-order valence-electron chi connectivity index (χ1n) is 5.98. The lowest BCUT2D eigenvalue weighted by atomic mass is 9.95. The molecular weight excluding hydrogens is 246 g/mol. The SMILES string of the molecule is CSc1ccccc1CC(=O)NCC(C)(C)CO. The highest BCUT2D eigenvalue weighted by molar-refractivity contribution is 7.98. The van der Waals surface area contributed by atoms with Crippen LogP contribution in [0, 0.1) is 5.41 Å². The molecule has 0 bridgehead atoms. The Morgan fingerprint density at radius 2 is 2.06 bits per heavy atom. The quantitative estimate of drug-likeness (QED) is 0.776. The van der Waals surface area contributed by atoms with Gasteiger partial charge < -0.3 is 10.4 Å². The Balaban J connectivity index is 2.55. The Labute approximate surface area is 113 Å². The van der Waals surface area contributed by atoms with Crippen molar-refractivity contribution in [3.8, 4) is 0 Å². The third kappa shape index (κ3) is 4.70. The number of rotatable bonds is 6. The maximum Gasteiger partial charge on any atom is 0.224 e. The Morgan fingerprint density at radius 3 is 2.67 bits per heavy atom. The molecule has 1 aromatic carbocycles. The van der Waals surface area contributed by atoms with Gasteiger partial charge in [-0.15, -0.1) is 11.8 Å². The van der Waals surface area contributed by atoms with Crippen molar-refractivity contribution in [2.75, 3.05) is 19.4 Å². The normalized spacial score (nSPS) is 11.3. The Bertz CT molecular complexity index is 405. The molecule has 0 atom stereocenters. The van der Waals surface area contributed by atoms with Gasteiger partial charge in [0, 0.05) is 23.5 Å². The maximum atomic E-state index is 11.8. The Hall–Kier alpha value is -1.00. The molecule has 1 rings (SSSR count). The van der Waals surface area contributed by atoms with Gasteiger partial charge in [-0.2, -0.15) is 0 Å². The summed E-state index contributed by atoms with van der Waals surface area (Å²) in [7, 11) is 0. The summed E-state index contributed by atoms with van der Waals surface area (Å²) in [5.41, 5.74) is 0.776. The molecule has 0 radical (unpaired) electrons. The van der Waals surface area contributed by atoms with Gasteiger partial charge in [0.05, 0.1) is 6.42 Å². The van der Waals surface area contributed by atoms with Crippen molar-refractivity contribution < 1.29 is 9.90 Å². The number of aliphatic hydroxyl groups is 1. The third-order valence-electron chi connectivity index (χ3n) is 2.74. The molecule has 0 spiro atoms. The van der Waals surface area contributed by atoms with E-state index in [-0.39, 0.29) is 17.9 Å². The molecule has 3 nitrogen and oxygen atoms in total. The minimum absolute atomic E-state index is 0.00183. The minimum Gasteiger partial charge on any atom is -0.396 e. The van der Waals surface area contributed by atoms with Crippen LogP contribution in [0.5, 0.6) is 0 Å². The van der Waals surface area contributed by atoms with Crippen LogP contribution in [0.2, 0.25) is 0 Å². The molecular formula is C14H21NO2S. The standard InChI is InChI=1S/C14H21NO2S/c1-14(2,10-16)9-15-13(17)8-11-6-4-5-7-12(11)18-3/h4-7,16H,8-10H2,1-3H3,(H,15,17). The second-order valence-electron chi connectivity index (χ2n) is 5.09. The lowest BCUT2D eigenvalue weighted by Crippen LogP contribution is -2.36. The fraction of sp³-hybridized carbons (Fsp3) is 0.500. The van der Waals surface area contributed by atoms with Gasteiger partial charge in [-0.25, -0.2) is 0 Å². The van der Waals surface area contributed by atoms with Crippen LogP contribution in [0.3, 0.4) is 0 Å². The van der Waals surface area contributed by atoms with Crippen LogP contribution in [0.25, 0.3) is 0 Å². The van der Waals surface area contributed by atoms with E-state index in [1.54, 1.807) is 11.8 Å². The van der Waals surface area contributed by atoms with Gasteiger partial charge in [-0.1, -0.05) is 32.0 Å². The third-order valence-corrected chi connectivity index (χ3v) is 3.57. The van der Waals surface area contributed by atoms with Crippen LogP contribution in [0.15, 0.2) is 29.2 Å². The average molecular weight is 267 g/mol. The Kier molecular flexibility index (Phi) is 5.69. The van der Waals surface area contributed by atoms with Gasteiger partial charge in [0.15, 0.2) is 0 Å². The highest BCUT2D eigenvalue weighted by atomic mass is 32.2. The first-order valence-corrected chi connectivity index (χ1v) is 7.20. The first-order chi connectivity index (χ1) is 8.48. The van der Waals surface area contributed by atoms with E-state index >= 15 is 0 Å². The molecule has 2 N–H and O–H groups in total. The molecule has 0 aromatic heterocycles. The summed E-state index contributed by atoms with van der Waals surface area (Å²) >= 11 is 1.65. The van der Waals surface area contributed by atoms with Crippen LogP contribution >= 0.6 is 11.8 Å². The van der Waals surface area contributed by atoms with Crippen molar-refractivity contribution in [1.29, 1.82) is 0 Å². The van der Waals surface area contributed by atoms with Crippen molar-refractivity contribution in [3.63, 3.8) is 0 Å². The van der Waals surface area contributed by atoms with E-state index in [9.17, 15) is 4.79 Å². The van der Waals surface area contributed by atoms with E-state index in [0.29, 0.717) is 13.0 Å². The number of benzene rings is 1. The van der Waals surface area contributed by atoms with Crippen LogP contribution in [0.4, 0.5) is 0 Å². The molecule has 100 valence electrons. The number of thioether (sulfide) groups is 1. The lowest BCUT2D eigenvalue weighted by molar-refractivity contribution is -0.121. The van der Waals surface area contributed by atoms with Gasteiger partial charge in [-0.3, -0.25) is 4.79 Å². The molecule has 0 saturated heterocycles. The van der Waals surface area contributed by atoms with Gasteiger partial charge in [0.2, 0.25) is 5.91 Å². The van der Waals surface area contributed by atoms with Crippen LogP contribution in [-0.4, -0.2) is 30.4 Å². The molecule has 0 aliphatic heterocycles. The molecule has 0 heterocycles. The number of carbonyl (C=O) groups excluding carboxylic acids is 1. The van der Waals surface area contributed by atoms with Crippen molar-refractivity contribution in [2.45, 2.75) is 25.2 Å². The van der Waals surface area contributed by atoms with Crippen LogP contribution in [-0.2, 0) is 11.2 Å². The Morgan fingerprint density at radius 1 is 1.39 bits per heavy atom. The first kappa shape index (κ1) is 15.1. The number of nitrogens with one attached hydrogen (secondary N) is 1.